The highest BCUT2D eigenvalue weighted by Crippen LogP contribution is 2.26. The molecule has 1 aromatic carbocycles. The molecule has 23 heavy (non-hydrogen) atoms. The first-order chi connectivity index (χ1) is 10.9. The van der Waals surface area contributed by atoms with E-state index < -0.39 is 10.0 Å². The molecule has 1 aromatic heterocycles. The summed E-state index contributed by atoms with van der Waals surface area (Å²) < 4.78 is 37.6. The van der Waals surface area contributed by atoms with Gasteiger partial charge in [-0.3, -0.25) is 0 Å². The molecule has 0 bridgehead atoms. The normalized spacial score (nSPS) is 16.3. The SMILES string of the molecule is CC(C)Oc1ccc(S(=O)(=O)N2CC(Oc3nccs3)C2)cc1. The summed E-state index contributed by atoms with van der Waals surface area (Å²) in [6.45, 7) is 4.53. The molecule has 0 unspecified atom stereocenters. The summed E-state index contributed by atoms with van der Waals surface area (Å²) in [5.41, 5.74) is 0. The lowest BCUT2D eigenvalue weighted by atomic mass is 10.2. The van der Waals surface area contributed by atoms with E-state index in [0.29, 0.717) is 24.0 Å². The average molecular weight is 354 g/mol. The molecule has 8 heteroatoms. The van der Waals surface area contributed by atoms with Gasteiger partial charge < -0.3 is 9.47 Å². The summed E-state index contributed by atoms with van der Waals surface area (Å²) in [4.78, 5) is 4.30. The van der Waals surface area contributed by atoms with Crippen LogP contribution in [0.5, 0.6) is 10.9 Å². The molecule has 0 amide bonds. The lowest BCUT2D eigenvalue weighted by molar-refractivity contribution is 0.0759. The van der Waals surface area contributed by atoms with Crippen molar-refractivity contribution < 1.29 is 17.9 Å². The Kier molecular flexibility index (Phi) is 4.56. The molecule has 1 aliphatic heterocycles. The Morgan fingerprint density at radius 3 is 2.52 bits per heavy atom. The van der Waals surface area contributed by atoms with Crippen LogP contribution in [0.1, 0.15) is 13.8 Å². The quantitative estimate of drug-likeness (QED) is 0.797. The second-order valence-electron chi connectivity index (χ2n) is 5.50. The molecular weight excluding hydrogens is 336 g/mol. The summed E-state index contributed by atoms with van der Waals surface area (Å²) >= 11 is 1.40. The van der Waals surface area contributed by atoms with Crippen LogP contribution < -0.4 is 9.47 Å². The van der Waals surface area contributed by atoms with Crippen molar-refractivity contribution in [2.45, 2.75) is 31.0 Å². The predicted octanol–water partition coefficient (Wildman–Crippen LogP) is 2.38. The van der Waals surface area contributed by atoms with Crippen molar-refractivity contribution in [3.05, 3.63) is 35.8 Å². The van der Waals surface area contributed by atoms with Crippen molar-refractivity contribution in [3.63, 3.8) is 0 Å². The minimum absolute atomic E-state index is 0.0524. The molecule has 0 saturated carbocycles. The van der Waals surface area contributed by atoms with Gasteiger partial charge in [-0.15, -0.1) is 0 Å². The van der Waals surface area contributed by atoms with Gasteiger partial charge in [-0.25, -0.2) is 13.4 Å². The number of hydrogen-bond acceptors (Lipinski definition) is 6. The van der Waals surface area contributed by atoms with Gasteiger partial charge in [-0.1, -0.05) is 11.3 Å². The number of aromatic nitrogens is 1. The van der Waals surface area contributed by atoms with Gasteiger partial charge in [0.05, 0.1) is 24.1 Å². The van der Waals surface area contributed by atoms with E-state index in [1.165, 1.54) is 15.6 Å². The maximum Gasteiger partial charge on any atom is 0.273 e. The zero-order valence-corrected chi connectivity index (χ0v) is 14.5. The fourth-order valence-corrected chi connectivity index (χ4v) is 4.25. The fraction of sp³-hybridized carbons (Fsp3) is 0.400. The van der Waals surface area contributed by atoms with E-state index in [-0.39, 0.29) is 17.1 Å². The number of nitrogens with zero attached hydrogens (tertiary/aromatic N) is 2. The van der Waals surface area contributed by atoms with Crippen LogP contribution in [0.3, 0.4) is 0 Å². The summed E-state index contributed by atoms with van der Waals surface area (Å²) in [5.74, 6) is 0.660. The highest BCUT2D eigenvalue weighted by Gasteiger charge is 2.38. The van der Waals surface area contributed by atoms with Crippen molar-refractivity contribution in [3.8, 4) is 10.9 Å². The number of benzene rings is 1. The Bertz CT molecular complexity index is 736. The van der Waals surface area contributed by atoms with Gasteiger partial charge in [0.15, 0.2) is 0 Å². The lowest BCUT2D eigenvalue weighted by Crippen LogP contribution is -2.55. The zero-order valence-electron chi connectivity index (χ0n) is 12.9. The Hall–Kier alpha value is -1.64. The molecule has 0 spiro atoms. The first-order valence-electron chi connectivity index (χ1n) is 7.28. The van der Waals surface area contributed by atoms with E-state index in [9.17, 15) is 8.42 Å². The lowest BCUT2D eigenvalue weighted by Gasteiger charge is -2.37. The predicted molar refractivity (Wildman–Crippen MR) is 87.5 cm³/mol. The van der Waals surface area contributed by atoms with E-state index in [0.717, 1.165) is 0 Å². The first-order valence-corrected chi connectivity index (χ1v) is 9.60. The molecule has 0 aliphatic carbocycles. The summed E-state index contributed by atoms with van der Waals surface area (Å²) in [7, 11) is -3.48. The Morgan fingerprint density at radius 2 is 1.96 bits per heavy atom. The molecule has 3 rings (SSSR count). The molecule has 1 fully saturated rings. The molecule has 124 valence electrons. The van der Waals surface area contributed by atoms with Crippen LogP contribution in [0.4, 0.5) is 0 Å². The van der Waals surface area contributed by atoms with E-state index in [1.54, 1.807) is 30.5 Å². The minimum atomic E-state index is -3.48. The van der Waals surface area contributed by atoms with Gasteiger partial charge >= 0.3 is 0 Å². The largest absolute Gasteiger partial charge is 0.491 e. The summed E-state index contributed by atoms with van der Waals surface area (Å²) in [6, 6.07) is 6.50. The Balaban J connectivity index is 1.61. The van der Waals surface area contributed by atoms with E-state index >= 15 is 0 Å². The van der Waals surface area contributed by atoms with Crippen molar-refractivity contribution in [1.29, 1.82) is 0 Å². The molecular formula is C15H18N2O4S2. The molecule has 0 radical (unpaired) electrons. The third-order valence-corrected chi connectivity index (χ3v) is 5.83. The summed E-state index contributed by atoms with van der Waals surface area (Å²) in [6.07, 6.45) is 1.57. The van der Waals surface area contributed by atoms with E-state index in [4.69, 9.17) is 9.47 Å². The maximum absolute atomic E-state index is 12.5. The molecule has 2 heterocycles. The van der Waals surface area contributed by atoms with Crippen LogP contribution in [0, 0.1) is 0 Å². The van der Waals surface area contributed by atoms with Gasteiger partial charge in [0, 0.05) is 11.6 Å². The van der Waals surface area contributed by atoms with E-state index in [1.807, 2.05) is 19.2 Å². The maximum atomic E-state index is 12.5. The van der Waals surface area contributed by atoms with Crippen LogP contribution >= 0.6 is 11.3 Å². The number of rotatable bonds is 6. The van der Waals surface area contributed by atoms with Crippen LogP contribution in [0.15, 0.2) is 40.7 Å². The van der Waals surface area contributed by atoms with Crippen LogP contribution in [0.2, 0.25) is 0 Å². The van der Waals surface area contributed by atoms with Crippen molar-refractivity contribution in [2.75, 3.05) is 13.1 Å². The average Bonchev–Trinajstić information content (AvgIpc) is 2.95. The minimum Gasteiger partial charge on any atom is -0.491 e. The molecule has 0 N–H and O–H groups in total. The zero-order chi connectivity index (χ0) is 16.4. The third kappa shape index (κ3) is 3.65. The van der Waals surface area contributed by atoms with Gasteiger partial charge in [-0.2, -0.15) is 4.31 Å². The van der Waals surface area contributed by atoms with Gasteiger partial charge in [0.25, 0.3) is 5.19 Å². The molecule has 2 aromatic rings. The number of hydrogen-bond donors (Lipinski definition) is 0. The molecule has 6 nitrogen and oxygen atoms in total. The van der Waals surface area contributed by atoms with Crippen molar-refractivity contribution in [1.82, 2.24) is 9.29 Å². The molecule has 0 atom stereocenters. The smallest absolute Gasteiger partial charge is 0.273 e. The van der Waals surface area contributed by atoms with Crippen molar-refractivity contribution in [2.24, 2.45) is 0 Å². The van der Waals surface area contributed by atoms with Crippen LogP contribution in [0.25, 0.3) is 0 Å². The van der Waals surface area contributed by atoms with Gasteiger partial charge in [0.2, 0.25) is 10.0 Å². The molecule has 1 saturated heterocycles. The highest BCUT2D eigenvalue weighted by atomic mass is 32.2. The summed E-state index contributed by atoms with van der Waals surface area (Å²) in [5, 5.41) is 2.39. The number of sulfonamides is 1. The van der Waals surface area contributed by atoms with Crippen molar-refractivity contribution >= 4 is 21.4 Å². The standard InChI is InChI=1S/C15H18N2O4S2/c1-11(2)20-12-3-5-14(6-4-12)23(18,19)17-9-13(10-17)21-15-16-7-8-22-15/h3-8,11,13H,9-10H2,1-2H3. The van der Waals surface area contributed by atoms with E-state index in [2.05, 4.69) is 4.98 Å². The molecule has 1 aliphatic rings. The number of thiazole rings is 1. The fourth-order valence-electron chi connectivity index (χ4n) is 2.19. The van der Waals surface area contributed by atoms with Crippen LogP contribution in [-0.2, 0) is 10.0 Å². The second-order valence-corrected chi connectivity index (χ2v) is 8.29. The van der Waals surface area contributed by atoms with Gasteiger partial charge in [0.1, 0.15) is 11.9 Å². The number of ether oxygens (including phenoxy) is 2. The van der Waals surface area contributed by atoms with Crippen LogP contribution in [-0.4, -0.2) is 43.0 Å². The first kappa shape index (κ1) is 16.2. The van der Waals surface area contributed by atoms with Gasteiger partial charge in [-0.05, 0) is 38.1 Å². The second kappa shape index (κ2) is 6.46. The Morgan fingerprint density at radius 1 is 1.26 bits per heavy atom. The third-order valence-electron chi connectivity index (χ3n) is 3.32. The monoisotopic (exact) mass is 354 g/mol. The highest BCUT2D eigenvalue weighted by molar-refractivity contribution is 7.89. The topological polar surface area (TPSA) is 68.7 Å². The Labute approximate surface area is 139 Å².